The minimum Gasteiger partial charge on any atom is -0.232 e. The number of rotatable bonds is 4. The van der Waals surface area contributed by atoms with Gasteiger partial charge in [0.1, 0.15) is 22.2 Å². The first-order chi connectivity index (χ1) is 14.2. The van der Waals surface area contributed by atoms with E-state index in [1.807, 2.05) is 0 Å². The molecule has 0 spiro atoms. The first kappa shape index (κ1) is 22.8. The van der Waals surface area contributed by atoms with Crippen LogP contribution in [-0.2, 0) is 16.0 Å². The molecule has 0 N–H and O–H groups in total. The highest BCUT2D eigenvalue weighted by Crippen LogP contribution is 2.36. The molecule has 4 nitrogen and oxygen atoms in total. The zero-order valence-electron chi connectivity index (χ0n) is 15.8. The van der Waals surface area contributed by atoms with Crippen LogP contribution in [0.25, 0.3) is 16.9 Å². The Morgan fingerprint density at radius 2 is 1.58 bits per heavy atom. The minimum atomic E-state index is -4.73. The normalized spacial score (nSPS) is 12.6. The lowest BCUT2D eigenvalue weighted by Crippen LogP contribution is -2.09. The molecular formula is C19H13F7N2O2S. The molecule has 0 radical (unpaired) electrons. The van der Waals surface area contributed by atoms with Crippen LogP contribution in [0.4, 0.5) is 30.7 Å². The van der Waals surface area contributed by atoms with Crippen LogP contribution in [0.3, 0.4) is 0 Å². The van der Waals surface area contributed by atoms with Gasteiger partial charge < -0.3 is 0 Å². The zero-order valence-corrected chi connectivity index (χ0v) is 16.6. The lowest BCUT2D eigenvalue weighted by atomic mass is 10.0. The van der Waals surface area contributed by atoms with Crippen LogP contribution in [0.15, 0.2) is 41.3 Å². The maximum Gasteiger partial charge on any atom is 0.416 e. The molecule has 12 heteroatoms. The first-order valence-electron chi connectivity index (χ1n) is 8.46. The summed E-state index contributed by atoms with van der Waals surface area (Å²) in [7, 11) is -4.29. The molecule has 166 valence electrons. The summed E-state index contributed by atoms with van der Waals surface area (Å²) >= 11 is 0. The van der Waals surface area contributed by atoms with E-state index in [0.717, 1.165) is 12.1 Å². The molecule has 0 saturated carbocycles. The topological polar surface area (TPSA) is 52.0 Å². The molecule has 1 aromatic heterocycles. The molecule has 0 amide bonds. The molecule has 1 heterocycles. The van der Waals surface area contributed by atoms with Crippen molar-refractivity contribution in [1.82, 2.24) is 9.78 Å². The van der Waals surface area contributed by atoms with Gasteiger partial charge in [-0.05, 0) is 24.6 Å². The van der Waals surface area contributed by atoms with Crippen molar-refractivity contribution in [3.63, 3.8) is 0 Å². The van der Waals surface area contributed by atoms with Crippen LogP contribution in [0, 0.1) is 18.6 Å². The molecule has 0 aliphatic carbocycles. The third-order valence-electron chi connectivity index (χ3n) is 4.39. The highest BCUT2D eigenvalue weighted by Gasteiger charge is 2.33. The molecule has 3 aromatic rings. The van der Waals surface area contributed by atoms with E-state index in [1.165, 1.54) is 13.0 Å². The Labute approximate surface area is 171 Å². The number of hydrogen-bond acceptors (Lipinski definition) is 3. The molecule has 0 aliphatic rings. The van der Waals surface area contributed by atoms with Gasteiger partial charge in [-0.1, -0.05) is 12.1 Å². The lowest BCUT2D eigenvalue weighted by Gasteiger charge is -2.14. The van der Waals surface area contributed by atoms with Crippen LogP contribution >= 0.6 is 0 Å². The van der Waals surface area contributed by atoms with E-state index < -0.39 is 55.9 Å². The second-order valence-corrected chi connectivity index (χ2v) is 8.66. The van der Waals surface area contributed by atoms with Crippen molar-refractivity contribution >= 4 is 9.84 Å². The standard InChI is InChI=1S/C19H13F7N2O2S/c1-9-3-4-10(5-12(9)19(24,25)26)16-8-15(18(22)23)27-28(16)11-6-13(20)17(14(21)7-11)31(2,29)30/h3-8,18H,1-2H3. The highest BCUT2D eigenvalue weighted by molar-refractivity contribution is 7.90. The summed E-state index contributed by atoms with van der Waals surface area (Å²) in [6.07, 6.45) is -7.28. The average molecular weight is 466 g/mol. The Morgan fingerprint density at radius 1 is 1.00 bits per heavy atom. The van der Waals surface area contributed by atoms with Gasteiger partial charge in [-0.3, -0.25) is 0 Å². The van der Waals surface area contributed by atoms with Gasteiger partial charge >= 0.3 is 6.18 Å². The smallest absolute Gasteiger partial charge is 0.232 e. The largest absolute Gasteiger partial charge is 0.416 e. The fourth-order valence-electron chi connectivity index (χ4n) is 3.02. The second kappa shape index (κ2) is 7.66. The van der Waals surface area contributed by atoms with Crippen LogP contribution in [0.5, 0.6) is 0 Å². The fraction of sp³-hybridized carbons (Fsp3) is 0.211. The summed E-state index contributed by atoms with van der Waals surface area (Å²) in [6, 6.07) is 4.91. The van der Waals surface area contributed by atoms with Gasteiger partial charge in [0, 0.05) is 24.0 Å². The van der Waals surface area contributed by atoms with E-state index in [-0.39, 0.29) is 16.8 Å². The Kier molecular flexibility index (Phi) is 5.63. The molecule has 0 aliphatic heterocycles. The second-order valence-electron chi connectivity index (χ2n) is 6.71. The third kappa shape index (κ3) is 4.43. The Hall–Kier alpha value is -2.89. The molecule has 3 rings (SSSR count). The molecular weight excluding hydrogens is 453 g/mol. The summed E-state index contributed by atoms with van der Waals surface area (Å²) in [5.41, 5.74) is -2.97. The number of halogens is 7. The van der Waals surface area contributed by atoms with Gasteiger partial charge in [0.05, 0.1) is 16.9 Å². The van der Waals surface area contributed by atoms with Crippen molar-refractivity contribution in [2.24, 2.45) is 0 Å². The van der Waals surface area contributed by atoms with Gasteiger partial charge in [0.25, 0.3) is 6.43 Å². The van der Waals surface area contributed by atoms with Crippen LogP contribution in [-0.4, -0.2) is 24.5 Å². The van der Waals surface area contributed by atoms with Gasteiger partial charge in [-0.25, -0.2) is 30.7 Å². The van der Waals surface area contributed by atoms with E-state index in [2.05, 4.69) is 5.10 Å². The molecule has 0 bridgehead atoms. The number of sulfone groups is 1. The van der Waals surface area contributed by atoms with Gasteiger partial charge in [-0.2, -0.15) is 18.3 Å². The number of alkyl halides is 5. The number of nitrogens with zero attached hydrogens (tertiary/aromatic N) is 2. The quantitative estimate of drug-likeness (QED) is 0.478. The van der Waals surface area contributed by atoms with E-state index in [0.29, 0.717) is 29.1 Å². The Balaban J connectivity index is 2.28. The number of hydrogen-bond donors (Lipinski definition) is 0. The van der Waals surface area contributed by atoms with E-state index in [4.69, 9.17) is 0 Å². The molecule has 0 unspecified atom stereocenters. The van der Waals surface area contributed by atoms with Crippen molar-refractivity contribution in [1.29, 1.82) is 0 Å². The number of aryl methyl sites for hydroxylation is 1. The zero-order chi connectivity index (χ0) is 23.3. The Morgan fingerprint density at radius 3 is 2.06 bits per heavy atom. The molecule has 31 heavy (non-hydrogen) atoms. The molecule has 2 aromatic carbocycles. The summed E-state index contributed by atoms with van der Waals surface area (Å²) < 4.78 is 119. The summed E-state index contributed by atoms with van der Waals surface area (Å²) in [4.78, 5) is -1.23. The molecule has 0 atom stereocenters. The predicted octanol–water partition coefficient (Wildman–Crippen LogP) is 5.49. The van der Waals surface area contributed by atoms with Crippen molar-refractivity contribution in [3.05, 3.63) is 64.9 Å². The minimum absolute atomic E-state index is 0.119. The lowest BCUT2D eigenvalue weighted by molar-refractivity contribution is -0.138. The maximum atomic E-state index is 14.3. The highest BCUT2D eigenvalue weighted by atomic mass is 32.2. The first-order valence-corrected chi connectivity index (χ1v) is 10.3. The summed E-state index contributed by atoms with van der Waals surface area (Å²) in [6.45, 7) is 1.21. The van der Waals surface area contributed by atoms with Crippen molar-refractivity contribution in [3.8, 4) is 16.9 Å². The number of benzene rings is 2. The van der Waals surface area contributed by atoms with Crippen molar-refractivity contribution in [2.45, 2.75) is 24.4 Å². The van der Waals surface area contributed by atoms with Gasteiger partial charge in [0.15, 0.2) is 9.84 Å². The monoisotopic (exact) mass is 466 g/mol. The SMILES string of the molecule is Cc1ccc(-c2cc(C(F)F)nn2-c2cc(F)c(S(C)(=O)=O)c(F)c2)cc1C(F)(F)F. The predicted molar refractivity (Wildman–Crippen MR) is 96.7 cm³/mol. The van der Waals surface area contributed by atoms with Crippen LogP contribution in [0.1, 0.15) is 23.2 Å². The number of aromatic nitrogens is 2. The van der Waals surface area contributed by atoms with Crippen molar-refractivity contribution in [2.75, 3.05) is 6.26 Å². The third-order valence-corrected chi connectivity index (χ3v) is 5.52. The van der Waals surface area contributed by atoms with Crippen LogP contribution < -0.4 is 0 Å². The fourth-order valence-corrected chi connectivity index (χ4v) is 3.84. The van der Waals surface area contributed by atoms with E-state index in [9.17, 15) is 39.2 Å². The molecule has 0 saturated heterocycles. The molecule has 0 fully saturated rings. The van der Waals surface area contributed by atoms with Gasteiger partial charge in [-0.15, -0.1) is 0 Å². The maximum absolute atomic E-state index is 14.3. The average Bonchev–Trinajstić information content (AvgIpc) is 3.05. The summed E-state index contributed by atoms with van der Waals surface area (Å²) in [5, 5.41) is 3.55. The van der Waals surface area contributed by atoms with E-state index in [1.54, 1.807) is 0 Å². The van der Waals surface area contributed by atoms with Crippen LogP contribution in [0.2, 0.25) is 0 Å². The Bertz CT molecular complexity index is 1240. The van der Waals surface area contributed by atoms with Crippen molar-refractivity contribution < 1.29 is 39.2 Å². The van der Waals surface area contributed by atoms with E-state index >= 15 is 0 Å². The summed E-state index contributed by atoms with van der Waals surface area (Å²) in [5.74, 6) is -3.00. The van der Waals surface area contributed by atoms with Gasteiger partial charge in [0.2, 0.25) is 0 Å².